The number of carboxylic acids is 1. The van der Waals surface area contributed by atoms with E-state index < -0.39 is 11.9 Å². The summed E-state index contributed by atoms with van der Waals surface area (Å²) in [5, 5.41) is 14.2. The Bertz CT molecular complexity index is 420. The Morgan fingerprint density at radius 3 is 2.42 bits per heavy atom. The second kappa shape index (κ2) is 7.41. The summed E-state index contributed by atoms with van der Waals surface area (Å²) in [6, 6.07) is 9.27. The van der Waals surface area contributed by atoms with E-state index in [9.17, 15) is 9.59 Å². The number of amides is 2. The molecule has 2 unspecified atom stereocenters. The Kier molecular flexibility index (Phi) is 5.85. The quantitative estimate of drug-likeness (QED) is 0.736. The average Bonchev–Trinajstić information content (AvgIpc) is 2.39. The summed E-state index contributed by atoms with van der Waals surface area (Å²) >= 11 is 0. The summed E-state index contributed by atoms with van der Waals surface area (Å²) in [6.45, 7) is 3.87. The van der Waals surface area contributed by atoms with E-state index >= 15 is 0 Å². The lowest BCUT2D eigenvalue weighted by atomic mass is 10.1. The van der Waals surface area contributed by atoms with Crippen molar-refractivity contribution in [3.63, 3.8) is 0 Å². The standard InChI is InChI=1S/C14H20N2O3/c1-10(13(17)18)8-9-15-14(19)16-11(2)12-6-4-3-5-7-12/h3-7,10-11H,8-9H2,1-2H3,(H,17,18)(H2,15,16,19). The van der Waals surface area contributed by atoms with Crippen molar-refractivity contribution in [1.29, 1.82) is 0 Å². The van der Waals surface area contributed by atoms with Crippen LogP contribution in [0.15, 0.2) is 30.3 Å². The Morgan fingerprint density at radius 2 is 1.84 bits per heavy atom. The minimum absolute atomic E-state index is 0.0851. The third-order valence-corrected chi connectivity index (χ3v) is 2.93. The van der Waals surface area contributed by atoms with Gasteiger partial charge in [-0.15, -0.1) is 0 Å². The smallest absolute Gasteiger partial charge is 0.315 e. The minimum Gasteiger partial charge on any atom is -0.481 e. The van der Waals surface area contributed by atoms with Crippen LogP contribution in [0.4, 0.5) is 4.79 Å². The summed E-state index contributed by atoms with van der Waals surface area (Å²) in [6.07, 6.45) is 0.419. The van der Waals surface area contributed by atoms with Crippen molar-refractivity contribution in [2.45, 2.75) is 26.3 Å². The predicted molar refractivity (Wildman–Crippen MR) is 72.8 cm³/mol. The van der Waals surface area contributed by atoms with E-state index in [0.717, 1.165) is 5.56 Å². The van der Waals surface area contributed by atoms with Crippen molar-refractivity contribution >= 4 is 12.0 Å². The molecular formula is C14H20N2O3. The minimum atomic E-state index is -0.847. The van der Waals surface area contributed by atoms with E-state index in [2.05, 4.69) is 10.6 Å². The van der Waals surface area contributed by atoms with Gasteiger partial charge >= 0.3 is 12.0 Å². The zero-order valence-electron chi connectivity index (χ0n) is 11.2. The number of carbonyl (C=O) groups is 2. The molecule has 0 saturated heterocycles. The molecule has 0 aromatic heterocycles. The number of carboxylic acid groups (broad SMARTS) is 1. The van der Waals surface area contributed by atoms with Gasteiger partial charge in [0, 0.05) is 6.54 Å². The highest BCUT2D eigenvalue weighted by Gasteiger charge is 2.12. The van der Waals surface area contributed by atoms with Crippen molar-refractivity contribution in [2.24, 2.45) is 5.92 Å². The van der Waals surface area contributed by atoms with Crippen molar-refractivity contribution < 1.29 is 14.7 Å². The normalized spacial score (nSPS) is 13.4. The first kappa shape index (κ1) is 15.0. The number of benzene rings is 1. The number of urea groups is 1. The molecule has 0 radical (unpaired) electrons. The van der Waals surface area contributed by atoms with Crippen molar-refractivity contribution in [2.75, 3.05) is 6.54 Å². The van der Waals surface area contributed by atoms with Crippen LogP contribution in [-0.2, 0) is 4.79 Å². The van der Waals surface area contributed by atoms with Gasteiger partial charge in [0.2, 0.25) is 0 Å². The number of hydrogen-bond donors (Lipinski definition) is 3. The lowest BCUT2D eigenvalue weighted by Crippen LogP contribution is -2.38. The van der Waals surface area contributed by atoms with Crippen LogP contribution in [0, 0.1) is 5.92 Å². The molecule has 104 valence electrons. The topological polar surface area (TPSA) is 78.4 Å². The lowest BCUT2D eigenvalue weighted by molar-refractivity contribution is -0.141. The molecule has 2 atom stereocenters. The number of aliphatic carboxylic acids is 1. The number of rotatable bonds is 6. The zero-order valence-corrected chi connectivity index (χ0v) is 11.2. The van der Waals surface area contributed by atoms with Gasteiger partial charge in [0.05, 0.1) is 12.0 Å². The Morgan fingerprint density at radius 1 is 1.21 bits per heavy atom. The molecule has 5 nitrogen and oxygen atoms in total. The van der Waals surface area contributed by atoms with Crippen LogP contribution in [0.5, 0.6) is 0 Å². The maximum Gasteiger partial charge on any atom is 0.315 e. The molecule has 19 heavy (non-hydrogen) atoms. The van der Waals surface area contributed by atoms with E-state index in [1.54, 1.807) is 6.92 Å². The van der Waals surface area contributed by atoms with Crippen molar-refractivity contribution in [3.05, 3.63) is 35.9 Å². The fraction of sp³-hybridized carbons (Fsp3) is 0.429. The summed E-state index contributed by atoms with van der Waals surface area (Å²) in [5.74, 6) is -1.30. The SMILES string of the molecule is CC(CCNC(=O)NC(C)c1ccccc1)C(=O)O. The maximum absolute atomic E-state index is 11.6. The first-order chi connectivity index (χ1) is 9.00. The van der Waals surface area contributed by atoms with Gasteiger partial charge in [0.1, 0.15) is 0 Å². The molecule has 3 N–H and O–H groups in total. The number of hydrogen-bond acceptors (Lipinski definition) is 2. The number of nitrogens with one attached hydrogen (secondary N) is 2. The first-order valence-electron chi connectivity index (χ1n) is 6.33. The molecule has 1 rings (SSSR count). The summed E-state index contributed by atoms with van der Waals surface area (Å²) < 4.78 is 0. The highest BCUT2D eigenvalue weighted by Crippen LogP contribution is 2.10. The lowest BCUT2D eigenvalue weighted by Gasteiger charge is -2.15. The molecule has 5 heteroatoms. The van der Waals surface area contributed by atoms with Crippen LogP contribution in [0.1, 0.15) is 31.9 Å². The molecule has 0 fully saturated rings. The largest absolute Gasteiger partial charge is 0.481 e. The number of carbonyl (C=O) groups excluding carboxylic acids is 1. The maximum atomic E-state index is 11.6. The van der Waals surface area contributed by atoms with Gasteiger partial charge in [0.25, 0.3) is 0 Å². The third-order valence-electron chi connectivity index (χ3n) is 2.93. The Labute approximate surface area is 113 Å². The van der Waals surface area contributed by atoms with Gasteiger partial charge in [-0.25, -0.2) is 4.79 Å². The van der Waals surface area contributed by atoms with Crippen LogP contribution < -0.4 is 10.6 Å². The molecule has 1 aromatic carbocycles. The molecule has 0 aliphatic heterocycles. The molecule has 0 spiro atoms. The van der Waals surface area contributed by atoms with Crippen LogP contribution in [-0.4, -0.2) is 23.7 Å². The van der Waals surface area contributed by atoms with Gasteiger partial charge in [-0.3, -0.25) is 4.79 Å². The zero-order chi connectivity index (χ0) is 14.3. The highest BCUT2D eigenvalue weighted by molar-refractivity contribution is 5.74. The molecule has 0 aliphatic rings. The monoisotopic (exact) mass is 264 g/mol. The second-order valence-corrected chi connectivity index (χ2v) is 4.56. The van der Waals surface area contributed by atoms with E-state index in [1.165, 1.54) is 0 Å². The molecule has 0 bridgehead atoms. The predicted octanol–water partition coefficient (Wildman–Crippen LogP) is 2.16. The van der Waals surface area contributed by atoms with Gasteiger partial charge in [-0.2, -0.15) is 0 Å². The van der Waals surface area contributed by atoms with Crippen LogP contribution >= 0.6 is 0 Å². The molecular weight excluding hydrogens is 244 g/mol. The second-order valence-electron chi connectivity index (χ2n) is 4.56. The van der Waals surface area contributed by atoms with E-state index in [4.69, 9.17) is 5.11 Å². The summed E-state index contributed by atoms with van der Waals surface area (Å²) in [7, 11) is 0. The van der Waals surface area contributed by atoms with E-state index in [-0.39, 0.29) is 12.1 Å². The van der Waals surface area contributed by atoms with Crippen molar-refractivity contribution in [1.82, 2.24) is 10.6 Å². The summed E-state index contributed by atoms with van der Waals surface area (Å²) in [5.41, 5.74) is 1.02. The van der Waals surface area contributed by atoms with Gasteiger partial charge < -0.3 is 15.7 Å². The molecule has 0 heterocycles. The fourth-order valence-corrected chi connectivity index (χ4v) is 1.60. The third kappa shape index (κ3) is 5.42. The van der Waals surface area contributed by atoms with Crippen molar-refractivity contribution in [3.8, 4) is 0 Å². The van der Waals surface area contributed by atoms with Gasteiger partial charge in [-0.05, 0) is 18.9 Å². The average molecular weight is 264 g/mol. The molecule has 0 saturated carbocycles. The van der Waals surface area contributed by atoms with Crippen LogP contribution in [0.3, 0.4) is 0 Å². The summed E-state index contributed by atoms with van der Waals surface area (Å²) in [4.78, 5) is 22.2. The Hall–Kier alpha value is -2.04. The highest BCUT2D eigenvalue weighted by atomic mass is 16.4. The van der Waals surface area contributed by atoms with E-state index in [0.29, 0.717) is 13.0 Å². The molecule has 0 aliphatic carbocycles. The van der Waals surface area contributed by atoms with E-state index in [1.807, 2.05) is 37.3 Å². The van der Waals surface area contributed by atoms with Gasteiger partial charge in [0.15, 0.2) is 0 Å². The van der Waals surface area contributed by atoms with Gasteiger partial charge in [-0.1, -0.05) is 37.3 Å². The first-order valence-corrected chi connectivity index (χ1v) is 6.33. The fourth-order valence-electron chi connectivity index (χ4n) is 1.60. The molecule has 1 aromatic rings. The Balaban J connectivity index is 2.30. The van der Waals surface area contributed by atoms with Crippen LogP contribution in [0.25, 0.3) is 0 Å². The molecule has 2 amide bonds. The van der Waals surface area contributed by atoms with Crippen LogP contribution in [0.2, 0.25) is 0 Å².